The first-order chi connectivity index (χ1) is 7.78. The Bertz CT molecular complexity index is 249. The SMILES string of the molecule is COC(CC(=O)N(C)C)(CC(=O)N(C)C)OC. The highest BCUT2D eigenvalue weighted by Crippen LogP contribution is 2.22. The lowest BCUT2D eigenvalue weighted by Gasteiger charge is -2.31. The van der Waals surface area contributed by atoms with Crippen molar-refractivity contribution in [3.05, 3.63) is 0 Å². The smallest absolute Gasteiger partial charge is 0.227 e. The highest BCUT2D eigenvalue weighted by Gasteiger charge is 2.36. The Labute approximate surface area is 102 Å². The predicted octanol–water partition coefficient (Wildman–Crippen LogP) is -0.0679. The summed E-state index contributed by atoms with van der Waals surface area (Å²) in [6.45, 7) is 0. The van der Waals surface area contributed by atoms with Crippen LogP contribution in [-0.4, -0.2) is 69.8 Å². The molecule has 0 aromatic heterocycles. The van der Waals surface area contributed by atoms with Crippen molar-refractivity contribution in [2.45, 2.75) is 18.6 Å². The van der Waals surface area contributed by atoms with E-state index in [4.69, 9.17) is 9.47 Å². The van der Waals surface area contributed by atoms with Crippen LogP contribution in [0.2, 0.25) is 0 Å². The molecule has 6 heteroatoms. The molecule has 0 spiro atoms. The standard InChI is InChI=1S/C11H22N2O4/c1-12(2)9(14)7-11(16-5,17-6)8-10(15)13(3)4/h7-8H2,1-6H3. The van der Waals surface area contributed by atoms with Crippen LogP contribution in [0.5, 0.6) is 0 Å². The fourth-order valence-corrected chi connectivity index (χ4v) is 1.21. The zero-order valence-corrected chi connectivity index (χ0v) is 11.4. The van der Waals surface area contributed by atoms with Gasteiger partial charge in [-0.3, -0.25) is 9.59 Å². The molecule has 0 bridgehead atoms. The topological polar surface area (TPSA) is 59.1 Å². The summed E-state index contributed by atoms with van der Waals surface area (Å²) in [5, 5.41) is 0. The number of amides is 2. The molecule has 0 saturated heterocycles. The largest absolute Gasteiger partial charge is 0.352 e. The van der Waals surface area contributed by atoms with Gasteiger partial charge in [-0.15, -0.1) is 0 Å². The third kappa shape index (κ3) is 4.70. The third-order valence-corrected chi connectivity index (χ3v) is 2.58. The molecule has 0 aliphatic heterocycles. The summed E-state index contributed by atoms with van der Waals surface area (Å²) in [7, 11) is 9.43. The Morgan fingerprint density at radius 3 is 1.35 bits per heavy atom. The number of nitrogens with zero attached hydrogens (tertiary/aromatic N) is 2. The molecule has 0 N–H and O–H groups in total. The van der Waals surface area contributed by atoms with E-state index in [-0.39, 0.29) is 24.7 Å². The van der Waals surface area contributed by atoms with Crippen LogP contribution in [0.3, 0.4) is 0 Å². The third-order valence-electron chi connectivity index (χ3n) is 2.58. The number of hydrogen-bond acceptors (Lipinski definition) is 4. The van der Waals surface area contributed by atoms with Gasteiger partial charge in [0.1, 0.15) is 0 Å². The quantitative estimate of drug-likeness (QED) is 0.616. The summed E-state index contributed by atoms with van der Waals surface area (Å²) in [6, 6.07) is 0. The van der Waals surface area contributed by atoms with Crippen molar-refractivity contribution in [3.63, 3.8) is 0 Å². The molecule has 0 radical (unpaired) electrons. The Morgan fingerprint density at radius 1 is 0.882 bits per heavy atom. The van der Waals surface area contributed by atoms with Crippen molar-refractivity contribution in [3.8, 4) is 0 Å². The van der Waals surface area contributed by atoms with Crippen molar-refractivity contribution < 1.29 is 19.1 Å². The van der Waals surface area contributed by atoms with E-state index in [1.54, 1.807) is 28.2 Å². The van der Waals surface area contributed by atoms with Gasteiger partial charge in [0.25, 0.3) is 0 Å². The average Bonchev–Trinajstić information content (AvgIpc) is 2.27. The first kappa shape index (κ1) is 15.9. The lowest BCUT2D eigenvalue weighted by Crippen LogP contribution is -2.43. The molecule has 2 amide bonds. The Balaban J connectivity index is 4.78. The van der Waals surface area contributed by atoms with Crippen molar-refractivity contribution >= 4 is 11.8 Å². The van der Waals surface area contributed by atoms with Crippen LogP contribution in [0.4, 0.5) is 0 Å². The molecule has 0 aromatic carbocycles. The molecule has 0 rings (SSSR count). The minimum atomic E-state index is -1.19. The monoisotopic (exact) mass is 246 g/mol. The number of rotatable bonds is 6. The lowest BCUT2D eigenvalue weighted by molar-refractivity contribution is -0.217. The van der Waals surface area contributed by atoms with E-state index < -0.39 is 5.79 Å². The van der Waals surface area contributed by atoms with E-state index in [1.807, 2.05) is 0 Å². The van der Waals surface area contributed by atoms with Crippen molar-refractivity contribution in [2.24, 2.45) is 0 Å². The van der Waals surface area contributed by atoms with E-state index in [0.29, 0.717) is 0 Å². The first-order valence-electron chi connectivity index (χ1n) is 5.28. The maximum Gasteiger partial charge on any atom is 0.227 e. The maximum absolute atomic E-state index is 11.7. The van der Waals surface area contributed by atoms with Crippen LogP contribution in [0, 0.1) is 0 Å². The first-order valence-corrected chi connectivity index (χ1v) is 5.28. The molecule has 0 aliphatic rings. The van der Waals surface area contributed by atoms with Crippen LogP contribution < -0.4 is 0 Å². The Morgan fingerprint density at radius 2 is 1.18 bits per heavy atom. The van der Waals surface area contributed by atoms with Crippen molar-refractivity contribution in [2.75, 3.05) is 42.4 Å². The van der Waals surface area contributed by atoms with Crippen LogP contribution in [0.15, 0.2) is 0 Å². The second-order valence-electron chi connectivity index (χ2n) is 4.25. The van der Waals surface area contributed by atoms with Crippen LogP contribution in [-0.2, 0) is 19.1 Å². The van der Waals surface area contributed by atoms with Crippen LogP contribution >= 0.6 is 0 Å². The lowest BCUT2D eigenvalue weighted by atomic mass is 10.1. The molecule has 0 aromatic rings. The zero-order valence-electron chi connectivity index (χ0n) is 11.4. The van der Waals surface area contributed by atoms with Crippen LogP contribution in [0.1, 0.15) is 12.8 Å². The molecule has 6 nitrogen and oxygen atoms in total. The van der Waals surface area contributed by atoms with Gasteiger partial charge in [0.15, 0.2) is 5.79 Å². The van der Waals surface area contributed by atoms with Crippen molar-refractivity contribution in [1.82, 2.24) is 9.80 Å². The second kappa shape index (κ2) is 6.56. The summed E-state index contributed by atoms with van der Waals surface area (Å²) in [5.74, 6) is -1.50. The molecule has 17 heavy (non-hydrogen) atoms. The normalized spacial score (nSPS) is 11.2. The van der Waals surface area contributed by atoms with Gasteiger partial charge in [0.05, 0.1) is 12.8 Å². The maximum atomic E-state index is 11.7. The molecule has 0 saturated carbocycles. The highest BCUT2D eigenvalue weighted by atomic mass is 16.7. The van der Waals surface area contributed by atoms with Crippen LogP contribution in [0.25, 0.3) is 0 Å². The Hall–Kier alpha value is -1.14. The molecule has 0 aliphatic carbocycles. The Kier molecular flexibility index (Phi) is 6.12. The van der Waals surface area contributed by atoms with E-state index in [1.165, 1.54) is 24.0 Å². The number of carbonyl (C=O) groups excluding carboxylic acids is 2. The summed E-state index contributed by atoms with van der Waals surface area (Å²) in [6.07, 6.45) is 0.0131. The van der Waals surface area contributed by atoms with E-state index >= 15 is 0 Å². The zero-order chi connectivity index (χ0) is 13.6. The minimum absolute atomic E-state index is 0.00653. The average molecular weight is 246 g/mol. The van der Waals surface area contributed by atoms with Gasteiger partial charge in [-0.05, 0) is 0 Å². The van der Waals surface area contributed by atoms with Gasteiger partial charge in [0.2, 0.25) is 11.8 Å². The van der Waals surface area contributed by atoms with E-state index in [0.717, 1.165) is 0 Å². The summed E-state index contributed by atoms with van der Waals surface area (Å²) in [4.78, 5) is 26.2. The summed E-state index contributed by atoms with van der Waals surface area (Å²) < 4.78 is 10.4. The number of carbonyl (C=O) groups is 2. The molecule has 0 heterocycles. The van der Waals surface area contributed by atoms with Gasteiger partial charge in [0, 0.05) is 42.4 Å². The minimum Gasteiger partial charge on any atom is -0.352 e. The van der Waals surface area contributed by atoms with E-state index in [9.17, 15) is 9.59 Å². The summed E-state index contributed by atoms with van der Waals surface area (Å²) >= 11 is 0. The number of hydrogen-bond donors (Lipinski definition) is 0. The molecule has 0 atom stereocenters. The van der Waals surface area contributed by atoms with Gasteiger partial charge >= 0.3 is 0 Å². The number of methoxy groups -OCH3 is 2. The van der Waals surface area contributed by atoms with Crippen molar-refractivity contribution in [1.29, 1.82) is 0 Å². The number of ether oxygens (including phenoxy) is 2. The second-order valence-corrected chi connectivity index (χ2v) is 4.25. The highest BCUT2D eigenvalue weighted by molar-refractivity contribution is 5.80. The van der Waals surface area contributed by atoms with Gasteiger partial charge in [-0.25, -0.2) is 0 Å². The van der Waals surface area contributed by atoms with Gasteiger partial charge in [-0.1, -0.05) is 0 Å². The fourth-order valence-electron chi connectivity index (χ4n) is 1.21. The molecule has 0 fully saturated rings. The fraction of sp³-hybridized carbons (Fsp3) is 0.818. The molecule has 100 valence electrons. The molecule has 0 unspecified atom stereocenters. The van der Waals surface area contributed by atoms with Gasteiger partial charge < -0.3 is 19.3 Å². The summed E-state index contributed by atoms with van der Waals surface area (Å²) in [5.41, 5.74) is 0. The van der Waals surface area contributed by atoms with E-state index in [2.05, 4.69) is 0 Å². The predicted molar refractivity (Wildman–Crippen MR) is 63.4 cm³/mol. The molecular weight excluding hydrogens is 224 g/mol. The van der Waals surface area contributed by atoms with Gasteiger partial charge in [-0.2, -0.15) is 0 Å². The molecular formula is C11H22N2O4.